The van der Waals surface area contributed by atoms with Crippen LogP contribution in [0.4, 0.5) is 11.5 Å². The van der Waals surface area contributed by atoms with Gasteiger partial charge in [-0.3, -0.25) is 4.79 Å². The van der Waals surface area contributed by atoms with E-state index in [0.717, 1.165) is 5.69 Å². The van der Waals surface area contributed by atoms with Gasteiger partial charge in [0.05, 0.1) is 15.6 Å². The van der Waals surface area contributed by atoms with Crippen LogP contribution in [0.2, 0.25) is 10.0 Å². The Bertz CT molecular complexity index is 786. The van der Waals surface area contributed by atoms with E-state index < -0.39 is 0 Å². The Balaban J connectivity index is 1.73. The quantitative estimate of drug-likeness (QED) is 0.923. The summed E-state index contributed by atoms with van der Waals surface area (Å²) in [6.07, 6.45) is 2.12. The van der Waals surface area contributed by atoms with Crippen LogP contribution in [0.3, 0.4) is 0 Å². The fourth-order valence-electron chi connectivity index (χ4n) is 2.45. The van der Waals surface area contributed by atoms with Gasteiger partial charge in [0, 0.05) is 18.4 Å². The molecule has 2 heterocycles. The minimum absolute atomic E-state index is 0.0467. The lowest BCUT2D eigenvalue weighted by Gasteiger charge is -2.18. The van der Waals surface area contributed by atoms with Gasteiger partial charge in [-0.15, -0.1) is 0 Å². The van der Waals surface area contributed by atoms with E-state index in [9.17, 15) is 4.79 Å². The van der Waals surface area contributed by atoms with Crippen molar-refractivity contribution >= 4 is 40.6 Å². The summed E-state index contributed by atoms with van der Waals surface area (Å²) in [6.45, 7) is 0.588. The highest BCUT2D eigenvalue weighted by molar-refractivity contribution is 6.42. The number of nitriles is 1. The smallest absolute Gasteiger partial charge is 0.249 e. The van der Waals surface area contributed by atoms with Gasteiger partial charge in [-0.1, -0.05) is 23.2 Å². The third kappa shape index (κ3) is 3.24. The van der Waals surface area contributed by atoms with Gasteiger partial charge < -0.3 is 10.2 Å². The van der Waals surface area contributed by atoms with Gasteiger partial charge in [-0.25, -0.2) is 4.98 Å². The van der Waals surface area contributed by atoms with Crippen molar-refractivity contribution < 1.29 is 4.79 Å². The SMILES string of the molecule is N#Cc1ccc(NC2CCN(c3ccc(Cl)c(Cl)c3)C2=O)nc1. The molecule has 1 aromatic heterocycles. The van der Waals surface area contributed by atoms with Gasteiger partial charge in [0.25, 0.3) is 0 Å². The summed E-state index contributed by atoms with van der Waals surface area (Å²) in [6, 6.07) is 10.1. The van der Waals surface area contributed by atoms with Gasteiger partial charge in [0.1, 0.15) is 17.9 Å². The van der Waals surface area contributed by atoms with Crippen LogP contribution in [-0.2, 0) is 4.79 Å². The molecule has 0 saturated carbocycles. The number of carbonyl (C=O) groups is 1. The van der Waals surface area contributed by atoms with Gasteiger partial charge in [0.15, 0.2) is 0 Å². The second-order valence-corrected chi connectivity index (χ2v) is 5.93. The number of hydrogen-bond donors (Lipinski definition) is 1. The van der Waals surface area contributed by atoms with E-state index in [2.05, 4.69) is 10.3 Å². The Kier molecular flexibility index (Phi) is 4.37. The zero-order chi connectivity index (χ0) is 16.4. The van der Waals surface area contributed by atoms with Crippen molar-refractivity contribution in [3.63, 3.8) is 0 Å². The van der Waals surface area contributed by atoms with Crippen LogP contribution < -0.4 is 10.2 Å². The third-order valence-electron chi connectivity index (χ3n) is 3.64. The fraction of sp³-hybridized carbons (Fsp3) is 0.188. The second-order valence-electron chi connectivity index (χ2n) is 5.12. The average Bonchev–Trinajstić information content (AvgIpc) is 2.92. The molecule has 1 atom stereocenters. The van der Waals surface area contributed by atoms with Crippen molar-refractivity contribution in [3.05, 3.63) is 52.1 Å². The summed E-state index contributed by atoms with van der Waals surface area (Å²) in [7, 11) is 0. The Labute approximate surface area is 143 Å². The van der Waals surface area contributed by atoms with Crippen molar-refractivity contribution in [2.75, 3.05) is 16.8 Å². The first-order chi connectivity index (χ1) is 11.1. The van der Waals surface area contributed by atoms with Gasteiger partial charge >= 0.3 is 0 Å². The van der Waals surface area contributed by atoms with Crippen molar-refractivity contribution in [1.29, 1.82) is 5.26 Å². The van der Waals surface area contributed by atoms with Crippen LogP contribution in [0.5, 0.6) is 0 Å². The van der Waals surface area contributed by atoms with Crippen molar-refractivity contribution in [1.82, 2.24) is 4.98 Å². The van der Waals surface area contributed by atoms with Crippen LogP contribution in [0, 0.1) is 11.3 Å². The summed E-state index contributed by atoms with van der Waals surface area (Å²) in [5.74, 6) is 0.521. The number of benzene rings is 1. The minimum Gasteiger partial charge on any atom is -0.358 e. The molecule has 1 saturated heterocycles. The molecule has 5 nitrogen and oxygen atoms in total. The number of nitrogens with zero attached hydrogens (tertiary/aromatic N) is 3. The molecule has 1 aliphatic rings. The summed E-state index contributed by atoms with van der Waals surface area (Å²) in [5, 5.41) is 12.7. The zero-order valence-electron chi connectivity index (χ0n) is 12.0. The maximum Gasteiger partial charge on any atom is 0.249 e. The Morgan fingerprint density at radius 2 is 2.09 bits per heavy atom. The highest BCUT2D eigenvalue weighted by Crippen LogP contribution is 2.30. The number of anilines is 2. The molecule has 1 unspecified atom stereocenters. The Morgan fingerprint density at radius 1 is 1.26 bits per heavy atom. The molecule has 2 aromatic rings. The molecule has 1 fully saturated rings. The Morgan fingerprint density at radius 3 is 2.74 bits per heavy atom. The number of carbonyl (C=O) groups excluding carboxylic acids is 1. The first kappa shape index (κ1) is 15.6. The molecule has 116 valence electrons. The molecule has 1 amide bonds. The highest BCUT2D eigenvalue weighted by Gasteiger charge is 2.32. The highest BCUT2D eigenvalue weighted by atomic mass is 35.5. The second kappa shape index (κ2) is 6.45. The van der Waals surface area contributed by atoms with Gasteiger partial charge in [-0.05, 0) is 36.8 Å². The van der Waals surface area contributed by atoms with Crippen LogP contribution in [0.15, 0.2) is 36.5 Å². The van der Waals surface area contributed by atoms with Gasteiger partial charge in [0.2, 0.25) is 5.91 Å². The van der Waals surface area contributed by atoms with Crippen molar-refractivity contribution in [2.24, 2.45) is 0 Å². The molecule has 23 heavy (non-hydrogen) atoms. The zero-order valence-corrected chi connectivity index (χ0v) is 13.5. The molecule has 1 N–H and O–H groups in total. The van der Waals surface area contributed by atoms with Crippen LogP contribution in [0.1, 0.15) is 12.0 Å². The van der Waals surface area contributed by atoms with E-state index in [1.807, 2.05) is 6.07 Å². The topological polar surface area (TPSA) is 69.0 Å². The number of pyridine rings is 1. The third-order valence-corrected chi connectivity index (χ3v) is 4.37. The summed E-state index contributed by atoms with van der Waals surface area (Å²) >= 11 is 11.9. The fourth-order valence-corrected chi connectivity index (χ4v) is 2.74. The van der Waals surface area contributed by atoms with Crippen molar-refractivity contribution in [2.45, 2.75) is 12.5 Å². The maximum absolute atomic E-state index is 12.5. The first-order valence-electron chi connectivity index (χ1n) is 6.97. The molecule has 0 aliphatic carbocycles. The van der Waals surface area contributed by atoms with Gasteiger partial charge in [-0.2, -0.15) is 5.26 Å². The predicted octanol–water partition coefficient (Wildman–Crippen LogP) is 3.48. The number of halogens is 2. The van der Waals surface area contributed by atoms with Crippen LogP contribution in [-0.4, -0.2) is 23.5 Å². The summed E-state index contributed by atoms with van der Waals surface area (Å²) < 4.78 is 0. The lowest BCUT2D eigenvalue weighted by atomic mass is 10.2. The number of aromatic nitrogens is 1. The van der Waals surface area contributed by atoms with E-state index in [-0.39, 0.29) is 11.9 Å². The van der Waals surface area contributed by atoms with Crippen LogP contribution >= 0.6 is 23.2 Å². The number of rotatable bonds is 3. The molecule has 0 radical (unpaired) electrons. The normalized spacial score (nSPS) is 17.2. The van der Waals surface area contributed by atoms with E-state index in [1.165, 1.54) is 6.20 Å². The summed E-state index contributed by atoms with van der Waals surface area (Å²) in [5.41, 5.74) is 1.20. The number of amides is 1. The average molecular weight is 347 g/mol. The summed E-state index contributed by atoms with van der Waals surface area (Å²) in [4.78, 5) is 18.3. The largest absolute Gasteiger partial charge is 0.358 e. The van der Waals surface area contributed by atoms with Crippen molar-refractivity contribution in [3.8, 4) is 6.07 Å². The molecule has 3 rings (SSSR count). The van der Waals surface area contributed by atoms with E-state index in [1.54, 1.807) is 35.2 Å². The minimum atomic E-state index is -0.357. The monoisotopic (exact) mass is 346 g/mol. The first-order valence-corrected chi connectivity index (χ1v) is 7.73. The number of nitrogens with one attached hydrogen (secondary N) is 1. The molecule has 1 aromatic carbocycles. The number of hydrogen-bond acceptors (Lipinski definition) is 4. The molecule has 0 bridgehead atoms. The molecular weight excluding hydrogens is 335 g/mol. The van der Waals surface area contributed by atoms with E-state index >= 15 is 0 Å². The lowest BCUT2D eigenvalue weighted by molar-refractivity contribution is -0.117. The molecule has 0 spiro atoms. The molecule has 7 heteroatoms. The standard InChI is InChI=1S/C16H12Cl2N4O/c17-12-3-2-11(7-13(12)18)22-6-5-14(16(22)23)21-15-4-1-10(8-19)9-20-15/h1-4,7,9,14H,5-6H2,(H,20,21). The predicted molar refractivity (Wildman–Crippen MR) is 89.8 cm³/mol. The lowest BCUT2D eigenvalue weighted by Crippen LogP contribution is -2.33. The Hall–Kier alpha value is -2.29. The maximum atomic E-state index is 12.5. The van der Waals surface area contributed by atoms with E-state index in [0.29, 0.717) is 34.4 Å². The molecular formula is C16H12Cl2N4O. The van der Waals surface area contributed by atoms with E-state index in [4.69, 9.17) is 28.5 Å². The molecule has 1 aliphatic heterocycles. The van der Waals surface area contributed by atoms with Crippen LogP contribution in [0.25, 0.3) is 0 Å².